The molecule has 4 heterocycles. The van der Waals surface area contributed by atoms with Crippen LogP contribution in [0.5, 0.6) is 0 Å². The highest BCUT2D eigenvalue weighted by Gasteiger charge is 2.52. The number of aromatic amines is 1. The van der Waals surface area contributed by atoms with Crippen molar-refractivity contribution in [2.45, 2.75) is 38.5 Å². The first kappa shape index (κ1) is 19.1. The summed E-state index contributed by atoms with van der Waals surface area (Å²) in [7, 11) is 0. The molecule has 4 aliphatic rings. The van der Waals surface area contributed by atoms with Crippen molar-refractivity contribution in [3.63, 3.8) is 0 Å². The lowest BCUT2D eigenvalue weighted by Crippen LogP contribution is -2.44. The number of aryl methyl sites for hydroxylation is 1. The van der Waals surface area contributed by atoms with Crippen molar-refractivity contribution < 1.29 is 14.3 Å². The number of rotatable bonds is 5. The van der Waals surface area contributed by atoms with Crippen LogP contribution in [0.15, 0.2) is 0 Å². The van der Waals surface area contributed by atoms with Gasteiger partial charge in [-0.05, 0) is 32.6 Å². The molecule has 0 aromatic carbocycles. The molecule has 1 aliphatic carbocycles. The Labute approximate surface area is 171 Å². The van der Waals surface area contributed by atoms with Crippen molar-refractivity contribution in [3.8, 4) is 0 Å². The molecule has 1 aromatic heterocycles. The Balaban J connectivity index is 1.22. The van der Waals surface area contributed by atoms with Gasteiger partial charge < -0.3 is 14.5 Å². The van der Waals surface area contributed by atoms with E-state index >= 15 is 0 Å². The number of nitrogens with one attached hydrogen (secondary N) is 1. The number of carbonyl (C=O) groups excluding carboxylic acids is 2. The molecule has 0 bridgehead atoms. The highest BCUT2D eigenvalue weighted by Crippen LogP contribution is 2.44. The Morgan fingerprint density at radius 2 is 1.93 bits per heavy atom. The van der Waals surface area contributed by atoms with Crippen molar-refractivity contribution in [1.29, 1.82) is 0 Å². The van der Waals surface area contributed by atoms with Crippen molar-refractivity contribution in [2.75, 3.05) is 59.0 Å². The summed E-state index contributed by atoms with van der Waals surface area (Å²) in [5, 5.41) is 7.40. The summed E-state index contributed by atoms with van der Waals surface area (Å²) >= 11 is 0. The summed E-state index contributed by atoms with van der Waals surface area (Å²) in [5.41, 5.74) is 2.15. The van der Waals surface area contributed by atoms with Crippen molar-refractivity contribution in [2.24, 2.45) is 5.41 Å². The maximum atomic E-state index is 13.3. The van der Waals surface area contributed by atoms with Crippen LogP contribution in [-0.2, 0) is 9.53 Å². The molecule has 1 spiro atoms. The van der Waals surface area contributed by atoms with E-state index in [0.29, 0.717) is 19.0 Å². The zero-order chi connectivity index (χ0) is 20.0. The number of hydrogen-bond donors (Lipinski definition) is 1. The Bertz CT molecular complexity index is 798. The van der Waals surface area contributed by atoms with E-state index in [4.69, 9.17) is 4.74 Å². The van der Waals surface area contributed by atoms with E-state index in [1.807, 2.05) is 16.7 Å². The molecular weight excluding hydrogens is 370 g/mol. The second-order valence-corrected chi connectivity index (χ2v) is 9.14. The number of hydrogen-bond acceptors (Lipinski definition) is 5. The molecule has 3 aliphatic heterocycles. The summed E-state index contributed by atoms with van der Waals surface area (Å²) in [6, 6.07) is 0. The molecule has 3 saturated heterocycles. The molecule has 5 rings (SSSR count). The van der Waals surface area contributed by atoms with Gasteiger partial charge in [0.05, 0.1) is 29.9 Å². The zero-order valence-corrected chi connectivity index (χ0v) is 17.3. The third-order valence-corrected chi connectivity index (χ3v) is 7.19. The fraction of sp³-hybridized carbons (Fsp3) is 0.762. The number of nitrogens with zero attached hydrogens (tertiary/aromatic N) is 4. The first-order valence-electron chi connectivity index (χ1n) is 11.0. The van der Waals surface area contributed by atoms with E-state index in [1.54, 1.807) is 0 Å². The van der Waals surface area contributed by atoms with Crippen LogP contribution in [-0.4, -0.2) is 95.7 Å². The standard InChI is InChI=1S/C21H31N5O3/c1-15-17(18(23-22-15)16-2-3-16)19(27)26-7-5-21(14-26)4-6-25(20(21)28)9-8-24-10-12-29-13-11-24/h16H,2-14H2,1H3,(H,22,23). The highest BCUT2D eigenvalue weighted by atomic mass is 16.5. The van der Waals surface area contributed by atoms with Gasteiger partial charge in [-0.25, -0.2) is 0 Å². The molecule has 1 unspecified atom stereocenters. The van der Waals surface area contributed by atoms with E-state index in [0.717, 1.165) is 88.6 Å². The summed E-state index contributed by atoms with van der Waals surface area (Å²) in [5.74, 6) is 0.723. The molecule has 1 atom stereocenters. The second kappa shape index (κ2) is 7.40. The van der Waals surface area contributed by atoms with E-state index in [2.05, 4.69) is 15.1 Å². The summed E-state index contributed by atoms with van der Waals surface area (Å²) in [4.78, 5) is 32.8. The van der Waals surface area contributed by atoms with Gasteiger partial charge >= 0.3 is 0 Å². The summed E-state index contributed by atoms with van der Waals surface area (Å²) in [6.07, 6.45) is 3.87. The number of ether oxygens (including phenoxy) is 1. The highest BCUT2D eigenvalue weighted by molar-refractivity contribution is 5.98. The number of likely N-dealkylation sites (tertiary alicyclic amines) is 2. The van der Waals surface area contributed by atoms with Gasteiger partial charge in [-0.1, -0.05) is 0 Å². The van der Waals surface area contributed by atoms with Crippen molar-refractivity contribution in [1.82, 2.24) is 24.9 Å². The Hall–Kier alpha value is -1.93. The maximum Gasteiger partial charge on any atom is 0.257 e. The minimum absolute atomic E-state index is 0.0505. The Morgan fingerprint density at radius 3 is 2.69 bits per heavy atom. The lowest BCUT2D eigenvalue weighted by Gasteiger charge is -2.29. The average Bonchev–Trinajstić information content (AvgIpc) is 3.26. The number of carbonyl (C=O) groups is 2. The van der Waals surface area contributed by atoms with Gasteiger partial charge in [-0.3, -0.25) is 19.6 Å². The lowest BCUT2D eigenvalue weighted by molar-refractivity contribution is -0.135. The molecule has 1 N–H and O–H groups in total. The summed E-state index contributed by atoms with van der Waals surface area (Å²) in [6.45, 7) is 9.09. The van der Waals surface area contributed by atoms with Gasteiger partial charge in [-0.15, -0.1) is 0 Å². The quantitative estimate of drug-likeness (QED) is 0.796. The Kier molecular flexibility index (Phi) is 4.86. The first-order chi connectivity index (χ1) is 14.1. The number of amides is 2. The van der Waals surface area contributed by atoms with Gasteiger partial charge in [0.15, 0.2) is 0 Å². The zero-order valence-electron chi connectivity index (χ0n) is 17.3. The molecule has 2 amide bonds. The fourth-order valence-electron chi connectivity index (χ4n) is 5.15. The van der Waals surface area contributed by atoms with Crippen LogP contribution >= 0.6 is 0 Å². The van der Waals surface area contributed by atoms with Gasteiger partial charge in [0, 0.05) is 57.4 Å². The van der Waals surface area contributed by atoms with Crippen molar-refractivity contribution in [3.05, 3.63) is 17.0 Å². The predicted octanol–water partition coefficient (Wildman–Crippen LogP) is 0.992. The van der Waals surface area contributed by atoms with Crippen LogP contribution in [0.2, 0.25) is 0 Å². The smallest absolute Gasteiger partial charge is 0.257 e. The van der Waals surface area contributed by atoms with Crippen LogP contribution < -0.4 is 0 Å². The van der Waals surface area contributed by atoms with Gasteiger partial charge in [0.1, 0.15) is 0 Å². The van der Waals surface area contributed by atoms with Crippen LogP contribution in [0.3, 0.4) is 0 Å². The molecule has 8 nitrogen and oxygen atoms in total. The van der Waals surface area contributed by atoms with Crippen molar-refractivity contribution >= 4 is 11.8 Å². The fourth-order valence-corrected chi connectivity index (χ4v) is 5.15. The SMILES string of the molecule is Cc1[nH]nc(C2CC2)c1C(=O)N1CCC2(CCN(CCN3CCOCC3)C2=O)C1. The largest absolute Gasteiger partial charge is 0.379 e. The molecule has 1 aromatic rings. The van der Waals surface area contributed by atoms with E-state index < -0.39 is 0 Å². The number of H-pyrrole nitrogens is 1. The van der Waals surface area contributed by atoms with Crippen LogP contribution in [0.1, 0.15) is 53.3 Å². The van der Waals surface area contributed by atoms with Gasteiger partial charge in [0.2, 0.25) is 5.91 Å². The van der Waals surface area contributed by atoms with Gasteiger partial charge in [-0.2, -0.15) is 5.10 Å². The number of morpholine rings is 1. The minimum atomic E-state index is -0.377. The Morgan fingerprint density at radius 1 is 1.17 bits per heavy atom. The van der Waals surface area contributed by atoms with E-state index in [9.17, 15) is 9.59 Å². The average molecular weight is 402 g/mol. The predicted molar refractivity (Wildman–Crippen MR) is 107 cm³/mol. The maximum absolute atomic E-state index is 13.3. The molecule has 29 heavy (non-hydrogen) atoms. The topological polar surface area (TPSA) is 81.8 Å². The van der Waals surface area contributed by atoms with Crippen LogP contribution in [0.25, 0.3) is 0 Å². The lowest BCUT2D eigenvalue weighted by atomic mass is 9.85. The molecule has 0 radical (unpaired) electrons. The van der Waals surface area contributed by atoms with E-state index in [1.165, 1.54) is 0 Å². The third kappa shape index (κ3) is 3.46. The van der Waals surface area contributed by atoms with Crippen LogP contribution in [0, 0.1) is 12.3 Å². The van der Waals surface area contributed by atoms with E-state index in [-0.39, 0.29) is 17.2 Å². The number of aromatic nitrogens is 2. The monoisotopic (exact) mass is 401 g/mol. The minimum Gasteiger partial charge on any atom is -0.379 e. The second-order valence-electron chi connectivity index (χ2n) is 9.14. The summed E-state index contributed by atoms with van der Waals surface area (Å²) < 4.78 is 5.40. The molecule has 8 heteroatoms. The third-order valence-electron chi connectivity index (χ3n) is 7.19. The molecular formula is C21H31N5O3. The normalized spacial score (nSPS) is 28.1. The van der Waals surface area contributed by atoms with Crippen LogP contribution in [0.4, 0.5) is 0 Å². The first-order valence-corrected chi connectivity index (χ1v) is 11.0. The molecule has 4 fully saturated rings. The molecule has 158 valence electrons. The molecule has 1 saturated carbocycles. The van der Waals surface area contributed by atoms with Gasteiger partial charge in [0.25, 0.3) is 5.91 Å².